The van der Waals surface area contributed by atoms with Gasteiger partial charge in [0.05, 0.1) is 26.5 Å². The summed E-state index contributed by atoms with van der Waals surface area (Å²) in [6, 6.07) is 1.52. The normalized spacial score (nSPS) is 21.0. The van der Waals surface area contributed by atoms with Crippen molar-refractivity contribution in [3.8, 4) is 11.3 Å². The number of methoxy groups -OCH3 is 1. The number of hydrogen-bond acceptors (Lipinski definition) is 7. The molecule has 2 aromatic rings. The third-order valence-corrected chi connectivity index (χ3v) is 3.55. The molecule has 3 heterocycles. The maximum absolute atomic E-state index is 11.8. The van der Waals surface area contributed by atoms with Crippen molar-refractivity contribution in [1.29, 1.82) is 0 Å². The van der Waals surface area contributed by atoms with Gasteiger partial charge in [-0.05, 0) is 18.6 Å². The molecule has 22 heavy (non-hydrogen) atoms. The Kier molecular flexibility index (Phi) is 3.86. The molecule has 0 amide bonds. The average molecular weight is 304 g/mol. The zero-order valence-corrected chi connectivity index (χ0v) is 12.3. The molecule has 3 rings (SSSR count). The summed E-state index contributed by atoms with van der Waals surface area (Å²) in [5.74, 6) is -0.534. The fraction of sp³-hybridized carbons (Fsp3) is 0.429. The van der Waals surface area contributed by atoms with Gasteiger partial charge in [0, 0.05) is 11.8 Å². The summed E-state index contributed by atoms with van der Waals surface area (Å²) in [7, 11) is 1.30. The lowest BCUT2D eigenvalue weighted by atomic mass is 10.1. The number of ether oxygens (including phenoxy) is 2. The van der Waals surface area contributed by atoms with Crippen LogP contribution in [0.4, 0.5) is 0 Å². The van der Waals surface area contributed by atoms with Gasteiger partial charge in [-0.1, -0.05) is 5.21 Å². The van der Waals surface area contributed by atoms with Crippen LogP contribution in [0.15, 0.2) is 18.5 Å². The Labute approximate surface area is 126 Å². The number of carbonyl (C=O) groups excluding carboxylic acids is 1. The Hall–Kier alpha value is -2.32. The van der Waals surface area contributed by atoms with Gasteiger partial charge in [-0.25, -0.2) is 14.5 Å². The first-order valence-electron chi connectivity index (χ1n) is 6.83. The Morgan fingerprint density at radius 2 is 2.32 bits per heavy atom. The van der Waals surface area contributed by atoms with Crippen molar-refractivity contribution in [2.75, 3.05) is 20.3 Å². The van der Waals surface area contributed by atoms with Crippen LogP contribution in [0.25, 0.3) is 11.3 Å². The molecule has 0 unspecified atom stereocenters. The van der Waals surface area contributed by atoms with Crippen molar-refractivity contribution in [3.05, 3.63) is 29.7 Å². The fourth-order valence-corrected chi connectivity index (χ4v) is 2.37. The van der Waals surface area contributed by atoms with E-state index in [1.54, 1.807) is 23.1 Å². The van der Waals surface area contributed by atoms with Gasteiger partial charge in [0.15, 0.2) is 5.69 Å². The topological polar surface area (TPSA) is 99.4 Å². The van der Waals surface area contributed by atoms with Gasteiger partial charge in [0.25, 0.3) is 0 Å². The van der Waals surface area contributed by atoms with Gasteiger partial charge in [-0.15, -0.1) is 5.10 Å². The van der Waals surface area contributed by atoms with E-state index in [-0.39, 0.29) is 18.3 Å². The Bertz CT molecular complexity index is 700. The molecule has 0 radical (unpaired) electrons. The molecule has 8 nitrogen and oxygen atoms in total. The second-order valence-corrected chi connectivity index (χ2v) is 5.16. The van der Waals surface area contributed by atoms with Gasteiger partial charge in [0.1, 0.15) is 17.8 Å². The van der Waals surface area contributed by atoms with Crippen molar-refractivity contribution in [3.63, 3.8) is 0 Å². The minimum atomic E-state index is -0.620. The van der Waals surface area contributed by atoms with Gasteiger partial charge in [0.2, 0.25) is 0 Å². The van der Waals surface area contributed by atoms with Crippen molar-refractivity contribution in [2.45, 2.75) is 19.1 Å². The highest BCUT2D eigenvalue weighted by Gasteiger charge is 2.29. The number of carbonyl (C=O) groups is 1. The Morgan fingerprint density at radius 3 is 3.00 bits per heavy atom. The zero-order chi connectivity index (χ0) is 15.7. The molecular weight excluding hydrogens is 288 g/mol. The highest BCUT2D eigenvalue weighted by atomic mass is 16.5. The lowest BCUT2D eigenvalue weighted by molar-refractivity contribution is 0.0595. The Balaban J connectivity index is 1.99. The number of pyridine rings is 1. The number of aromatic nitrogens is 4. The van der Waals surface area contributed by atoms with E-state index in [0.717, 1.165) is 5.56 Å². The molecule has 8 heteroatoms. The largest absolute Gasteiger partial charge is 0.464 e. The van der Waals surface area contributed by atoms with E-state index in [1.165, 1.54) is 7.11 Å². The first-order valence-corrected chi connectivity index (χ1v) is 6.83. The molecule has 0 bridgehead atoms. The van der Waals surface area contributed by atoms with Crippen LogP contribution in [0.5, 0.6) is 0 Å². The molecule has 2 atom stereocenters. The summed E-state index contributed by atoms with van der Waals surface area (Å²) in [5, 5.41) is 18.0. The van der Waals surface area contributed by atoms with Crippen LogP contribution in [-0.4, -0.2) is 57.5 Å². The summed E-state index contributed by atoms with van der Waals surface area (Å²) >= 11 is 0. The fourth-order valence-electron chi connectivity index (χ4n) is 2.37. The number of aliphatic hydroxyl groups excluding tert-OH is 1. The summed E-state index contributed by atoms with van der Waals surface area (Å²) in [5.41, 5.74) is 2.12. The van der Waals surface area contributed by atoms with Gasteiger partial charge in [-0.2, -0.15) is 0 Å². The van der Waals surface area contributed by atoms with E-state index < -0.39 is 12.1 Å². The molecule has 116 valence electrons. The number of aryl methyl sites for hydroxylation is 1. The molecule has 0 aliphatic carbocycles. The van der Waals surface area contributed by atoms with Crippen molar-refractivity contribution < 1.29 is 19.4 Å². The maximum atomic E-state index is 11.8. The van der Waals surface area contributed by atoms with E-state index in [2.05, 4.69) is 15.3 Å². The van der Waals surface area contributed by atoms with Crippen LogP contribution in [0, 0.1) is 6.92 Å². The van der Waals surface area contributed by atoms with E-state index in [4.69, 9.17) is 9.47 Å². The van der Waals surface area contributed by atoms with Crippen LogP contribution < -0.4 is 0 Å². The SMILES string of the molecule is COC(=O)c1ncc(C)cc1-c1cn([C@@H]2COC[C@H]2O)nn1. The average Bonchev–Trinajstić information content (AvgIpc) is 3.14. The van der Waals surface area contributed by atoms with Gasteiger partial charge < -0.3 is 14.6 Å². The number of rotatable bonds is 3. The third-order valence-electron chi connectivity index (χ3n) is 3.55. The summed E-state index contributed by atoms with van der Waals surface area (Å²) in [6.45, 7) is 2.52. The third kappa shape index (κ3) is 2.58. The predicted octanol–water partition coefficient (Wildman–Crippen LogP) is 0.367. The second-order valence-electron chi connectivity index (χ2n) is 5.16. The molecule has 0 spiro atoms. The van der Waals surface area contributed by atoms with Crippen LogP contribution in [0.1, 0.15) is 22.1 Å². The molecule has 1 fully saturated rings. The van der Waals surface area contributed by atoms with Gasteiger partial charge >= 0.3 is 5.97 Å². The second kappa shape index (κ2) is 5.82. The van der Waals surface area contributed by atoms with Crippen LogP contribution in [0.2, 0.25) is 0 Å². The first kappa shape index (κ1) is 14.6. The molecule has 1 aliphatic rings. The molecular formula is C14H16N4O4. The lowest BCUT2D eigenvalue weighted by Crippen LogP contribution is -2.22. The van der Waals surface area contributed by atoms with Crippen molar-refractivity contribution in [1.82, 2.24) is 20.0 Å². The van der Waals surface area contributed by atoms with E-state index in [9.17, 15) is 9.90 Å². The lowest BCUT2D eigenvalue weighted by Gasteiger charge is -2.11. The quantitative estimate of drug-likeness (QED) is 0.818. The van der Waals surface area contributed by atoms with Crippen molar-refractivity contribution in [2.24, 2.45) is 0 Å². The summed E-state index contributed by atoms with van der Waals surface area (Å²) in [4.78, 5) is 16.0. The molecule has 1 N–H and O–H groups in total. The maximum Gasteiger partial charge on any atom is 0.357 e. The highest BCUT2D eigenvalue weighted by Crippen LogP contribution is 2.25. The smallest absolute Gasteiger partial charge is 0.357 e. The van der Waals surface area contributed by atoms with E-state index in [1.807, 2.05) is 6.92 Å². The van der Waals surface area contributed by atoms with Gasteiger partial charge in [-0.3, -0.25) is 0 Å². The molecule has 0 aromatic carbocycles. The van der Waals surface area contributed by atoms with Crippen molar-refractivity contribution >= 4 is 5.97 Å². The van der Waals surface area contributed by atoms with Crippen LogP contribution in [0.3, 0.4) is 0 Å². The zero-order valence-electron chi connectivity index (χ0n) is 12.3. The molecule has 2 aromatic heterocycles. The highest BCUT2D eigenvalue weighted by molar-refractivity contribution is 5.94. The predicted molar refractivity (Wildman–Crippen MR) is 75.2 cm³/mol. The summed E-state index contributed by atoms with van der Waals surface area (Å²) in [6.07, 6.45) is 2.64. The minimum absolute atomic E-state index is 0.184. The Morgan fingerprint density at radius 1 is 1.50 bits per heavy atom. The monoisotopic (exact) mass is 304 g/mol. The molecule has 1 saturated heterocycles. The number of aliphatic hydroxyl groups is 1. The summed E-state index contributed by atoms with van der Waals surface area (Å²) < 4.78 is 11.5. The van der Waals surface area contributed by atoms with Crippen LogP contribution in [-0.2, 0) is 9.47 Å². The first-order chi connectivity index (χ1) is 10.6. The molecule has 1 aliphatic heterocycles. The number of nitrogens with zero attached hydrogens (tertiary/aromatic N) is 4. The minimum Gasteiger partial charge on any atom is -0.464 e. The van der Waals surface area contributed by atoms with Crippen LogP contribution >= 0.6 is 0 Å². The van der Waals surface area contributed by atoms with E-state index >= 15 is 0 Å². The standard InChI is InChI=1S/C14H16N4O4/c1-8-3-9(13(15-4-8)14(20)21-2)10-5-18(17-16-10)11-6-22-7-12(11)19/h3-5,11-12,19H,6-7H2,1-2H3/t11-,12-/m1/s1. The number of esters is 1. The molecule has 0 saturated carbocycles. The van der Waals surface area contributed by atoms with E-state index in [0.29, 0.717) is 17.9 Å². The number of hydrogen-bond donors (Lipinski definition) is 1.